The van der Waals surface area contributed by atoms with Crippen LogP contribution in [0.3, 0.4) is 0 Å². The highest BCUT2D eigenvalue weighted by molar-refractivity contribution is 5.27. The first kappa shape index (κ1) is 13.5. The Morgan fingerprint density at radius 3 is 2.78 bits per heavy atom. The van der Waals surface area contributed by atoms with Crippen molar-refractivity contribution < 1.29 is 9.50 Å². The van der Waals surface area contributed by atoms with Crippen molar-refractivity contribution in [1.29, 1.82) is 0 Å². The van der Waals surface area contributed by atoms with Crippen molar-refractivity contribution in [3.8, 4) is 0 Å². The molecule has 2 heteroatoms. The van der Waals surface area contributed by atoms with Gasteiger partial charge in [-0.05, 0) is 67.7 Å². The fraction of sp³-hybridized carbons (Fsp3) is 0.625. The fourth-order valence-electron chi connectivity index (χ4n) is 3.11. The van der Waals surface area contributed by atoms with Crippen molar-refractivity contribution in [3.63, 3.8) is 0 Å². The number of rotatable bonds is 3. The van der Waals surface area contributed by atoms with Crippen LogP contribution in [0.4, 0.5) is 4.39 Å². The monoisotopic (exact) mass is 250 g/mol. The Labute approximate surface area is 109 Å². The molecule has 18 heavy (non-hydrogen) atoms. The van der Waals surface area contributed by atoms with Gasteiger partial charge < -0.3 is 5.11 Å². The normalized spacial score (nSPS) is 28.3. The van der Waals surface area contributed by atoms with Crippen LogP contribution < -0.4 is 0 Å². The molecule has 1 aliphatic carbocycles. The minimum absolute atomic E-state index is 0.174. The molecule has 1 aromatic rings. The van der Waals surface area contributed by atoms with Crippen molar-refractivity contribution in [3.05, 3.63) is 35.1 Å². The van der Waals surface area contributed by atoms with E-state index < -0.39 is 0 Å². The average Bonchev–Trinajstić information content (AvgIpc) is 2.35. The molecule has 0 amide bonds. The molecule has 0 aromatic heterocycles. The van der Waals surface area contributed by atoms with Gasteiger partial charge in [-0.15, -0.1) is 0 Å². The zero-order chi connectivity index (χ0) is 13.1. The van der Waals surface area contributed by atoms with Gasteiger partial charge in [0.2, 0.25) is 0 Å². The van der Waals surface area contributed by atoms with Gasteiger partial charge in [0.25, 0.3) is 0 Å². The molecular weight excluding hydrogens is 227 g/mol. The summed E-state index contributed by atoms with van der Waals surface area (Å²) in [7, 11) is 0. The lowest BCUT2D eigenvalue weighted by atomic mass is 9.75. The van der Waals surface area contributed by atoms with E-state index in [1.807, 2.05) is 13.0 Å². The quantitative estimate of drug-likeness (QED) is 0.863. The molecule has 1 fully saturated rings. The van der Waals surface area contributed by atoms with Gasteiger partial charge in [0, 0.05) is 0 Å². The minimum Gasteiger partial charge on any atom is -0.393 e. The second-order valence-electron chi connectivity index (χ2n) is 5.69. The Hall–Kier alpha value is -0.890. The summed E-state index contributed by atoms with van der Waals surface area (Å²) in [5.41, 5.74) is 2.18. The summed E-state index contributed by atoms with van der Waals surface area (Å²) in [5.74, 6) is 0.916. The number of hydrogen-bond acceptors (Lipinski definition) is 1. The molecule has 0 heterocycles. The van der Waals surface area contributed by atoms with E-state index in [2.05, 4.69) is 6.92 Å². The second-order valence-corrected chi connectivity index (χ2v) is 5.69. The molecule has 100 valence electrons. The Morgan fingerprint density at radius 1 is 1.33 bits per heavy atom. The van der Waals surface area contributed by atoms with Gasteiger partial charge in [-0.3, -0.25) is 0 Å². The van der Waals surface area contributed by atoms with Crippen LogP contribution in [-0.2, 0) is 6.42 Å². The van der Waals surface area contributed by atoms with E-state index in [0.717, 1.165) is 37.2 Å². The van der Waals surface area contributed by atoms with Crippen LogP contribution in [0.5, 0.6) is 0 Å². The Balaban J connectivity index is 2.07. The maximum atomic E-state index is 13.1. The van der Waals surface area contributed by atoms with Crippen LogP contribution in [0.2, 0.25) is 0 Å². The van der Waals surface area contributed by atoms with Crippen molar-refractivity contribution >= 4 is 0 Å². The molecular formula is C16H23FO. The van der Waals surface area contributed by atoms with E-state index >= 15 is 0 Å². The van der Waals surface area contributed by atoms with Crippen LogP contribution in [-0.4, -0.2) is 11.2 Å². The average molecular weight is 250 g/mol. The van der Waals surface area contributed by atoms with E-state index in [1.54, 1.807) is 6.07 Å². The van der Waals surface area contributed by atoms with Gasteiger partial charge in [0.05, 0.1) is 6.10 Å². The van der Waals surface area contributed by atoms with Gasteiger partial charge in [-0.2, -0.15) is 0 Å². The van der Waals surface area contributed by atoms with E-state index in [1.165, 1.54) is 18.1 Å². The number of aliphatic hydroxyl groups is 1. The topological polar surface area (TPSA) is 20.2 Å². The maximum absolute atomic E-state index is 13.1. The summed E-state index contributed by atoms with van der Waals surface area (Å²) < 4.78 is 13.1. The molecule has 3 unspecified atom stereocenters. The third-order valence-corrected chi connectivity index (χ3v) is 4.42. The van der Waals surface area contributed by atoms with Gasteiger partial charge in [-0.25, -0.2) is 4.39 Å². The first-order chi connectivity index (χ1) is 8.60. The van der Waals surface area contributed by atoms with E-state index in [9.17, 15) is 9.50 Å². The molecule has 3 atom stereocenters. The third-order valence-electron chi connectivity index (χ3n) is 4.42. The molecule has 0 saturated heterocycles. The SMILES string of the molecule is CCC1CCC(O)C(Cc2ccc(F)cc2C)C1. The maximum Gasteiger partial charge on any atom is 0.123 e. The predicted octanol–water partition coefficient (Wildman–Crippen LogP) is 3.86. The first-order valence-corrected chi connectivity index (χ1v) is 7.03. The number of aryl methyl sites for hydroxylation is 1. The van der Waals surface area contributed by atoms with E-state index in [0.29, 0.717) is 5.92 Å². The lowest BCUT2D eigenvalue weighted by molar-refractivity contribution is 0.0474. The van der Waals surface area contributed by atoms with Crippen molar-refractivity contribution in [1.82, 2.24) is 0 Å². The van der Waals surface area contributed by atoms with Crippen LogP contribution in [0, 0.1) is 24.6 Å². The number of benzene rings is 1. The van der Waals surface area contributed by atoms with Crippen LogP contribution >= 0.6 is 0 Å². The smallest absolute Gasteiger partial charge is 0.123 e. The summed E-state index contributed by atoms with van der Waals surface area (Å²) >= 11 is 0. The molecule has 1 saturated carbocycles. The van der Waals surface area contributed by atoms with Crippen LogP contribution in [0.15, 0.2) is 18.2 Å². The summed E-state index contributed by atoms with van der Waals surface area (Å²) in [6, 6.07) is 4.98. The van der Waals surface area contributed by atoms with Crippen LogP contribution in [0.25, 0.3) is 0 Å². The van der Waals surface area contributed by atoms with E-state index in [4.69, 9.17) is 0 Å². The highest BCUT2D eigenvalue weighted by Gasteiger charge is 2.28. The second kappa shape index (κ2) is 5.83. The molecule has 0 spiro atoms. The standard InChI is InChI=1S/C16H23FO/c1-3-12-4-7-16(18)14(9-12)10-13-5-6-15(17)8-11(13)2/h5-6,8,12,14,16,18H,3-4,7,9-10H2,1-2H3. The molecule has 1 N–H and O–H groups in total. The molecule has 0 radical (unpaired) electrons. The molecule has 1 nitrogen and oxygen atoms in total. The zero-order valence-electron chi connectivity index (χ0n) is 11.3. The van der Waals surface area contributed by atoms with Gasteiger partial charge >= 0.3 is 0 Å². The van der Waals surface area contributed by atoms with Crippen molar-refractivity contribution in [2.24, 2.45) is 11.8 Å². The summed E-state index contributed by atoms with van der Waals surface area (Å²) in [6.45, 7) is 4.17. The first-order valence-electron chi connectivity index (χ1n) is 7.03. The highest BCUT2D eigenvalue weighted by Crippen LogP contribution is 2.33. The largest absolute Gasteiger partial charge is 0.393 e. The predicted molar refractivity (Wildman–Crippen MR) is 72.0 cm³/mol. The van der Waals surface area contributed by atoms with Crippen molar-refractivity contribution in [2.45, 2.75) is 52.1 Å². The van der Waals surface area contributed by atoms with Crippen LogP contribution in [0.1, 0.15) is 43.7 Å². The van der Waals surface area contributed by atoms with Gasteiger partial charge in [0.1, 0.15) is 5.82 Å². The van der Waals surface area contributed by atoms with Gasteiger partial charge in [-0.1, -0.05) is 19.4 Å². The Morgan fingerprint density at radius 2 is 2.11 bits per heavy atom. The van der Waals surface area contributed by atoms with E-state index in [-0.39, 0.29) is 11.9 Å². The number of hydrogen-bond donors (Lipinski definition) is 1. The zero-order valence-corrected chi connectivity index (χ0v) is 11.3. The Kier molecular flexibility index (Phi) is 4.39. The molecule has 0 bridgehead atoms. The molecule has 1 aromatic carbocycles. The summed E-state index contributed by atoms with van der Waals surface area (Å²) in [4.78, 5) is 0. The molecule has 2 rings (SSSR count). The highest BCUT2D eigenvalue weighted by atomic mass is 19.1. The lowest BCUT2D eigenvalue weighted by Gasteiger charge is -2.33. The summed E-state index contributed by atoms with van der Waals surface area (Å²) in [6.07, 6.45) is 5.07. The molecule has 0 aliphatic heterocycles. The third kappa shape index (κ3) is 3.11. The number of aliphatic hydroxyl groups excluding tert-OH is 1. The fourth-order valence-corrected chi connectivity index (χ4v) is 3.11. The minimum atomic E-state index is -0.183. The Bertz CT molecular complexity index is 402. The number of halogens is 1. The summed E-state index contributed by atoms with van der Waals surface area (Å²) in [5, 5.41) is 10.1. The lowest BCUT2D eigenvalue weighted by Crippen LogP contribution is -2.30. The van der Waals surface area contributed by atoms with Gasteiger partial charge in [0.15, 0.2) is 0 Å². The molecule has 1 aliphatic rings. The van der Waals surface area contributed by atoms with Crippen molar-refractivity contribution in [2.75, 3.05) is 0 Å².